The second-order valence-corrected chi connectivity index (χ2v) is 5.54. The van der Waals surface area contributed by atoms with E-state index in [2.05, 4.69) is 13.8 Å². The van der Waals surface area contributed by atoms with E-state index in [1.807, 2.05) is 0 Å². The summed E-state index contributed by atoms with van der Waals surface area (Å²) in [6.07, 6.45) is 2.94. The standard InChI is InChI=1S/C15H20F2N2O/c1-3-15(4-2)5-6-19(9-15)14(20)10-7-11(16)12(17)8-13(10)18/h7-8H,3-6,9,18H2,1-2H3. The highest BCUT2D eigenvalue weighted by Gasteiger charge is 2.37. The molecule has 0 aromatic heterocycles. The van der Waals surface area contributed by atoms with E-state index in [1.54, 1.807) is 4.90 Å². The van der Waals surface area contributed by atoms with E-state index >= 15 is 0 Å². The maximum atomic E-state index is 13.3. The van der Waals surface area contributed by atoms with Gasteiger partial charge in [0.05, 0.1) is 5.56 Å². The number of likely N-dealkylation sites (tertiary alicyclic amines) is 1. The number of halogens is 2. The van der Waals surface area contributed by atoms with Crippen molar-refractivity contribution < 1.29 is 13.6 Å². The number of benzene rings is 1. The maximum Gasteiger partial charge on any atom is 0.256 e. The van der Waals surface area contributed by atoms with Crippen LogP contribution >= 0.6 is 0 Å². The van der Waals surface area contributed by atoms with Crippen LogP contribution in [0.1, 0.15) is 43.5 Å². The average molecular weight is 282 g/mol. The molecular formula is C15H20F2N2O. The Balaban J connectivity index is 2.23. The number of amides is 1. The van der Waals surface area contributed by atoms with Gasteiger partial charge >= 0.3 is 0 Å². The molecule has 2 rings (SSSR count). The summed E-state index contributed by atoms with van der Waals surface area (Å²) in [7, 11) is 0. The molecule has 110 valence electrons. The molecule has 1 fully saturated rings. The van der Waals surface area contributed by atoms with E-state index in [-0.39, 0.29) is 22.6 Å². The Morgan fingerprint density at radius 2 is 1.90 bits per heavy atom. The van der Waals surface area contributed by atoms with E-state index in [4.69, 9.17) is 5.73 Å². The average Bonchev–Trinajstić information content (AvgIpc) is 2.87. The van der Waals surface area contributed by atoms with E-state index in [1.165, 1.54) is 0 Å². The van der Waals surface area contributed by atoms with Crippen molar-refractivity contribution in [3.05, 3.63) is 29.3 Å². The highest BCUT2D eigenvalue weighted by molar-refractivity contribution is 5.99. The van der Waals surface area contributed by atoms with Gasteiger partial charge in [0.15, 0.2) is 11.6 Å². The number of hydrogen-bond acceptors (Lipinski definition) is 2. The number of hydrogen-bond donors (Lipinski definition) is 1. The van der Waals surface area contributed by atoms with Crippen LogP contribution in [-0.2, 0) is 0 Å². The number of carbonyl (C=O) groups excluding carboxylic acids is 1. The molecule has 0 saturated carbocycles. The quantitative estimate of drug-likeness (QED) is 0.865. The number of nitrogens with two attached hydrogens (primary N) is 1. The van der Waals surface area contributed by atoms with Gasteiger partial charge in [0, 0.05) is 24.8 Å². The van der Waals surface area contributed by atoms with Crippen LogP contribution < -0.4 is 5.73 Å². The Morgan fingerprint density at radius 1 is 1.30 bits per heavy atom. The summed E-state index contributed by atoms with van der Waals surface area (Å²) in [5.41, 5.74) is 5.81. The van der Waals surface area contributed by atoms with Crippen molar-refractivity contribution in [3.8, 4) is 0 Å². The zero-order valence-corrected chi connectivity index (χ0v) is 11.9. The summed E-state index contributed by atoms with van der Waals surface area (Å²) >= 11 is 0. The van der Waals surface area contributed by atoms with Gasteiger partial charge in [0.25, 0.3) is 5.91 Å². The molecule has 20 heavy (non-hydrogen) atoms. The number of anilines is 1. The first-order chi connectivity index (χ1) is 9.42. The van der Waals surface area contributed by atoms with Crippen molar-refractivity contribution in [1.29, 1.82) is 0 Å². The lowest BCUT2D eigenvalue weighted by Crippen LogP contribution is -2.32. The fraction of sp³-hybridized carbons (Fsp3) is 0.533. The van der Waals surface area contributed by atoms with Gasteiger partial charge in [0.1, 0.15) is 0 Å². The number of nitrogens with zero attached hydrogens (tertiary/aromatic N) is 1. The molecule has 0 bridgehead atoms. The minimum Gasteiger partial charge on any atom is -0.398 e. The van der Waals surface area contributed by atoms with Gasteiger partial charge in [-0.2, -0.15) is 0 Å². The van der Waals surface area contributed by atoms with Crippen molar-refractivity contribution >= 4 is 11.6 Å². The minimum atomic E-state index is -1.04. The molecule has 1 aliphatic heterocycles. The molecule has 0 spiro atoms. The van der Waals surface area contributed by atoms with Gasteiger partial charge in [-0.25, -0.2) is 8.78 Å². The third-order valence-corrected chi connectivity index (χ3v) is 4.55. The molecule has 1 aromatic carbocycles. The second kappa shape index (κ2) is 5.38. The van der Waals surface area contributed by atoms with Crippen LogP contribution in [-0.4, -0.2) is 23.9 Å². The molecule has 1 aliphatic rings. The zero-order chi connectivity index (χ0) is 14.9. The van der Waals surface area contributed by atoms with Crippen molar-refractivity contribution in [2.45, 2.75) is 33.1 Å². The molecule has 1 saturated heterocycles. The SMILES string of the molecule is CCC1(CC)CCN(C(=O)c2cc(F)c(F)cc2N)C1. The zero-order valence-electron chi connectivity index (χ0n) is 11.9. The van der Waals surface area contributed by atoms with Crippen LogP contribution in [0, 0.1) is 17.0 Å². The molecule has 0 aliphatic carbocycles. The van der Waals surface area contributed by atoms with Gasteiger partial charge in [-0.05, 0) is 30.7 Å². The van der Waals surface area contributed by atoms with Crippen LogP contribution in [0.25, 0.3) is 0 Å². The molecule has 1 heterocycles. The van der Waals surface area contributed by atoms with Crippen molar-refractivity contribution in [1.82, 2.24) is 4.90 Å². The first-order valence-corrected chi connectivity index (χ1v) is 6.96. The number of rotatable bonds is 3. The van der Waals surface area contributed by atoms with Crippen LogP contribution in [0.2, 0.25) is 0 Å². The summed E-state index contributed by atoms with van der Waals surface area (Å²) in [5.74, 6) is -2.39. The first-order valence-electron chi connectivity index (χ1n) is 6.96. The lowest BCUT2D eigenvalue weighted by atomic mass is 9.82. The van der Waals surface area contributed by atoms with Gasteiger partial charge in [-0.15, -0.1) is 0 Å². The van der Waals surface area contributed by atoms with Crippen LogP contribution in [0.15, 0.2) is 12.1 Å². The van der Waals surface area contributed by atoms with Crippen LogP contribution in [0.3, 0.4) is 0 Å². The number of nitrogen functional groups attached to an aromatic ring is 1. The fourth-order valence-corrected chi connectivity index (χ4v) is 2.85. The second-order valence-electron chi connectivity index (χ2n) is 5.54. The molecule has 1 aromatic rings. The third-order valence-electron chi connectivity index (χ3n) is 4.55. The summed E-state index contributed by atoms with van der Waals surface area (Å²) in [6.45, 7) is 5.52. The summed E-state index contributed by atoms with van der Waals surface area (Å²) in [6, 6.07) is 1.76. The van der Waals surface area contributed by atoms with E-state index in [9.17, 15) is 13.6 Å². The molecular weight excluding hydrogens is 262 g/mol. The minimum absolute atomic E-state index is 0.0144. The topological polar surface area (TPSA) is 46.3 Å². The molecule has 1 amide bonds. The van der Waals surface area contributed by atoms with Gasteiger partial charge < -0.3 is 10.6 Å². The predicted molar refractivity (Wildman–Crippen MR) is 74.3 cm³/mol. The highest BCUT2D eigenvalue weighted by atomic mass is 19.2. The molecule has 0 radical (unpaired) electrons. The van der Waals surface area contributed by atoms with E-state index in [0.29, 0.717) is 13.1 Å². The molecule has 0 unspecified atom stereocenters. The van der Waals surface area contributed by atoms with Crippen LogP contribution in [0.4, 0.5) is 14.5 Å². The molecule has 3 nitrogen and oxygen atoms in total. The Morgan fingerprint density at radius 3 is 2.45 bits per heavy atom. The smallest absolute Gasteiger partial charge is 0.256 e. The molecule has 2 N–H and O–H groups in total. The highest BCUT2D eigenvalue weighted by Crippen LogP contribution is 2.37. The Kier molecular flexibility index (Phi) is 3.97. The largest absolute Gasteiger partial charge is 0.398 e. The van der Waals surface area contributed by atoms with Gasteiger partial charge in [0.2, 0.25) is 0 Å². The Labute approximate surface area is 117 Å². The normalized spacial score (nSPS) is 17.5. The third kappa shape index (κ3) is 2.49. The predicted octanol–water partition coefficient (Wildman–Crippen LogP) is 3.20. The van der Waals surface area contributed by atoms with E-state index < -0.39 is 11.6 Å². The lowest BCUT2D eigenvalue weighted by Gasteiger charge is -2.26. The Bertz CT molecular complexity index is 527. The number of carbonyl (C=O) groups is 1. The van der Waals surface area contributed by atoms with Gasteiger partial charge in [-0.1, -0.05) is 13.8 Å². The first kappa shape index (κ1) is 14.8. The maximum absolute atomic E-state index is 13.3. The fourth-order valence-electron chi connectivity index (χ4n) is 2.85. The Hall–Kier alpha value is -1.65. The monoisotopic (exact) mass is 282 g/mol. The molecule has 5 heteroatoms. The van der Waals surface area contributed by atoms with E-state index in [0.717, 1.165) is 31.4 Å². The van der Waals surface area contributed by atoms with Gasteiger partial charge in [-0.3, -0.25) is 4.79 Å². The summed E-state index contributed by atoms with van der Waals surface area (Å²) in [5, 5.41) is 0. The summed E-state index contributed by atoms with van der Waals surface area (Å²) < 4.78 is 26.3. The van der Waals surface area contributed by atoms with Crippen molar-refractivity contribution in [3.63, 3.8) is 0 Å². The van der Waals surface area contributed by atoms with Crippen molar-refractivity contribution in [2.75, 3.05) is 18.8 Å². The lowest BCUT2D eigenvalue weighted by molar-refractivity contribution is 0.0770. The van der Waals surface area contributed by atoms with Crippen LogP contribution in [0.5, 0.6) is 0 Å². The van der Waals surface area contributed by atoms with Crippen molar-refractivity contribution in [2.24, 2.45) is 5.41 Å². The summed E-state index contributed by atoms with van der Waals surface area (Å²) in [4.78, 5) is 14.1. The molecule has 0 atom stereocenters.